The lowest BCUT2D eigenvalue weighted by Crippen LogP contribution is -2.06. The maximum Gasteiger partial charge on any atom is 0.155 e. The molecule has 1 aromatic rings. The fourth-order valence-corrected chi connectivity index (χ4v) is 0.942. The summed E-state index contributed by atoms with van der Waals surface area (Å²) in [4.78, 5) is 3.80. The Morgan fingerprint density at radius 1 is 1.54 bits per heavy atom. The first-order valence-corrected chi connectivity index (χ1v) is 4.15. The zero-order valence-corrected chi connectivity index (χ0v) is 8.04. The van der Waals surface area contributed by atoms with Gasteiger partial charge < -0.3 is 15.2 Å². The second-order valence-electron chi connectivity index (χ2n) is 2.35. The van der Waals surface area contributed by atoms with Crippen LogP contribution in [0.2, 0.25) is 5.15 Å². The number of hydrogen-bond donors (Lipinski definition) is 1. The Morgan fingerprint density at radius 2 is 2.31 bits per heavy atom. The second kappa shape index (κ2) is 4.89. The third-order valence-electron chi connectivity index (χ3n) is 1.45. The van der Waals surface area contributed by atoms with Gasteiger partial charge in [0.1, 0.15) is 18.0 Å². The molecular formula is C8H11ClN2O2. The Labute approximate surface area is 81.6 Å². The second-order valence-corrected chi connectivity index (χ2v) is 2.71. The van der Waals surface area contributed by atoms with Crippen molar-refractivity contribution in [2.75, 3.05) is 26.1 Å². The molecule has 0 aliphatic carbocycles. The molecule has 0 saturated carbocycles. The molecule has 0 saturated heterocycles. The number of halogens is 1. The lowest BCUT2D eigenvalue weighted by molar-refractivity contribution is 0.146. The Hall–Kier alpha value is -1.00. The summed E-state index contributed by atoms with van der Waals surface area (Å²) in [5.74, 6) is 0.539. The van der Waals surface area contributed by atoms with E-state index >= 15 is 0 Å². The van der Waals surface area contributed by atoms with E-state index in [-0.39, 0.29) is 5.15 Å². The highest BCUT2D eigenvalue weighted by atomic mass is 35.5. The number of ether oxygens (including phenoxy) is 2. The van der Waals surface area contributed by atoms with Crippen LogP contribution in [-0.2, 0) is 4.74 Å². The van der Waals surface area contributed by atoms with E-state index in [1.807, 2.05) is 0 Å². The monoisotopic (exact) mass is 202 g/mol. The average Bonchev–Trinajstić information content (AvgIpc) is 2.13. The van der Waals surface area contributed by atoms with E-state index in [9.17, 15) is 0 Å². The number of methoxy groups -OCH3 is 1. The summed E-state index contributed by atoms with van der Waals surface area (Å²) in [6, 6.07) is 1.66. The Balaban J connectivity index is 2.61. The van der Waals surface area contributed by atoms with E-state index in [4.69, 9.17) is 26.8 Å². The van der Waals surface area contributed by atoms with Crippen LogP contribution >= 0.6 is 11.6 Å². The highest BCUT2D eigenvalue weighted by Gasteiger charge is 2.04. The lowest BCUT2D eigenvalue weighted by atomic mass is 10.4. The van der Waals surface area contributed by atoms with E-state index in [0.717, 1.165) is 0 Å². The molecule has 1 aromatic heterocycles. The van der Waals surface area contributed by atoms with Gasteiger partial charge in [-0.1, -0.05) is 11.6 Å². The van der Waals surface area contributed by atoms with Gasteiger partial charge in [0.2, 0.25) is 0 Å². The predicted octanol–water partition coefficient (Wildman–Crippen LogP) is 1.34. The van der Waals surface area contributed by atoms with Crippen molar-refractivity contribution in [2.45, 2.75) is 0 Å². The summed E-state index contributed by atoms with van der Waals surface area (Å²) in [7, 11) is 1.60. The minimum absolute atomic E-state index is 0.259. The molecule has 1 heterocycles. The normalized spacial score (nSPS) is 10.0. The topological polar surface area (TPSA) is 57.4 Å². The number of hydrogen-bond acceptors (Lipinski definition) is 4. The zero-order chi connectivity index (χ0) is 9.68. The molecule has 0 radical (unpaired) electrons. The first-order valence-electron chi connectivity index (χ1n) is 3.77. The quantitative estimate of drug-likeness (QED) is 0.592. The number of pyridine rings is 1. The first kappa shape index (κ1) is 10.1. The van der Waals surface area contributed by atoms with Gasteiger partial charge in [-0.15, -0.1) is 0 Å². The summed E-state index contributed by atoms with van der Waals surface area (Å²) >= 11 is 5.68. The van der Waals surface area contributed by atoms with Crippen molar-refractivity contribution in [3.8, 4) is 5.75 Å². The minimum Gasteiger partial charge on any atom is -0.489 e. The fraction of sp³-hybridized carbons (Fsp3) is 0.375. The van der Waals surface area contributed by atoms with Crippen molar-refractivity contribution in [3.63, 3.8) is 0 Å². The highest BCUT2D eigenvalue weighted by molar-refractivity contribution is 6.32. The van der Waals surface area contributed by atoms with E-state index < -0.39 is 0 Å². The third kappa shape index (κ3) is 2.75. The molecule has 0 fully saturated rings. The molecule has 0 aliphatic heterocycles. The predicted molar refractivity (Wildman–Crippen MR) is 51.0 cm³/mol. The van der Waals surface area contributed by atoms with E-state index in [1.54, 1.807) is 19.4 Å². The van der Waals surface area contributed by atoms with Gasteiger partial charge >= 0.3 is 0 Å². The smallest absolute Gasteiger partial charge is 0.155 e. The van der Waals surface area contributed by atoms with Crippen LogP contribution in [0.25, 0.3) is 0 Å². The van der Waals surface area contributed by atoms with Gasteiger partial charge in [-0.3, -0.25) is 0 Å². The van der Waals surface area contributed by atoms with Crippen molar-refractivity contribution < 1.29 is 9.47 Å². The van der Waals surface area contributed by atoms with Crippen molar-refractivity contribution in [1.82, 2.24) is 4.98 Å². The summed E-state index contributed by atoms with van der Waals surface area (Å²) in [6.07, 6.45) is 1.54. The van der Waals surface area contributed by atoms with Crippen LogP contribution in [0, 0.1) is 0 Å². The number of nitrogen functional groups attached to an aromatic ring is 1. The molecule has 0 amide bonds. The number of anilines is 1. The fourth-order valence-electron chi connectivity index (χ4n) is 0.792. The Kier molecular flexibility index (Phi) is 3.79. The number of nitrogens with two attached hydrogens (primary N) is 1. The molecule has 1 rings (SSSR count). The molecule has 0 bridgehead atoms. The molecule has 4 nitrogen and oxygen atoms in total. The van der Waals surface area contributed by atoms with Gasteiger partial charge in [0, 0.05) is 19.4 Å². The van der Waals surface area contributed by atoms with Crippen LogP contribution in [0.1, 0.15) is 0 Å². The first-order chi connectivity index (χ1) is 6.25. The van der Waals surface area contributed by atoms with E-state index in [1.165, 1.54) is 0 Å². The maximum atomic E-state index is 5.68. The minimum atomic E-state index is 0.259. The Morgan fingerprint density at radius 3 is 3.00 bits per heavy atom. The molecule has 0 atom stereocenters. The van der Waals surface area contributed by atoms with Crippen LogP contribution in [0.15, 0.2) is 12.3 Å². The summed E-state index contributed by atoms with van der Waals surface area (Å²) in [5.41, 5.74) is 5.97. The molecule has 5 heteroatoms. The zero-order valence-electron chi connectivity index (χ0n) is 7.29. The van der Waals surface area contributed by atoms with Crippen molar-refractivity contribution in [1.29, 1.82) is 0 Å². The average molecular weight is 203 g/mol. The SMILES string of the molecule is COCCOc1ccnc(Cl)c1N. The van der Waals surface area contributed by atoms with Gasteiger partial charge in [-0.05, 0) is 0 Å². The number of nitrogens with zero attached hydrogens (tertiary/aromatic N) is 1. The van der Waals surface area contributed by atoms with Gasteiger partial charge in [0.15, 0.2) is 5.15 Å². The van der Waals surface area contributed by atoms with Gasteiger partial charge in [0.25, 0.3) is 0 Å². The van der Waals surface area contributed by atoms with Crippen LogP contribution in [0.3, 0.4) is 0 Å². The molecule has 0 spiro atoms. The summed E-state index contributed by atoms with van der Waals surface area (Å²) in [6.45, 7) is 0.959. The third-order valence-corrected chi connectivity index (χ3v) is 1.75. The molecule has 13 heavy (non-hydrogen) atoms. The van der Waals surface area contributed by atoms with Crippen LogP contribution in [0.5, 0.6) is 5.75 Å². The maximum absolute atomic E-state index is 5.68. The molecule has 2 N–H and O–H groups in total. The van der Waals surface area contributed by atoms with Crippen molar-refractivity contribution in [2.24, 2.45) is 0 Å². The molecule has 0 unspecified atom stereocenters. The van der Waals surface area contributed by atoms with Gasteiger partial charge in [-0.2, -0.15) is 0 Å². The standard InChI is InChI=1S/C8H11ClN2O2/c1-12-4-5-13-6-2-3-11-8(9)7(6)10/h2-3H,4-5,10H2,1H3. The molecule has 0 aromatic carbocycles. The molecule has 0 aliphatic rings. The summed E-state index contributed by atoms with van der Waals surface area (Å²) in [5, 5.41) is 0.259. The van der Waals surface area contributed by atoms with Crippen LogP contribution in [-0.4, -0.2) is 25.3 Å². The number of rotatable bonds is 4. The van der Waals surface area contributed by atoms with Gasteiger partial charge in [-0.25, -0.2) is 4.98 Å². The van der Waals surface area contributed by atoms with E-state index in [2.05, 4.69) is 4.98 Å². The molecular weight excluding hydrogens is 192 g/mol. The summed E-state index contributed by atoms with van der Waals surface area (Å²) < 4.78 is 10.1. The van der Waals surface area contributed by atoms with E-state index in [0.29, 0.717) is 24.7 Å². The highest BCUT2D eigenvalue weighted by Crippen LogP contribution is 2.26. The lowest BCUT2D eigenvalue weighted by Gasteiger charge is -2.07. The molecule has 72 valence electrons. The number of aromatic nitrogens is 1. The van der Waals surface area contributed by atoms with Crippen LogP contribution in [0.4, 0.5) is 5.69 Å². The largest absolute Gasteiger partial charge is 0.489 e. The van der Waals surface area contributed by atoms with Crippen LogP contribution < -0.4 is 10.5 Å². The van der Waals surface area contributed by atoms with Crippen molar-refractivity contribution >= 4 is 17.3 Å². The Bertz CT molecular complexity index is 281. The van der Waals surface area contributed by atoms with Crippen molar-refractivity contribution in [3.05, 3.63) is 17.4 Å². The van der Waals surface area contributed by atoms with Gasteiger partial charge in [0.05, 0.1) is 6.61 Å².